The molecule has 3 aromatic carbocycles. The molecule has 1 saturated heterocycles. The highest BCUT2D eigenvalue weighted by Crippen LogP contribution is 2.30. The highest BCUT2D eigenvalue weighted by molar-refractivity contribution is 6.09. The van der Waals surface area contributed by atoms with Crippen LogP contribution in [0.1, 0.15) is 26.3 Å². The smallest absolute Gasteiger partial charge is 0.252 e. The van der Waals surface area contributed by atoms with Crippen molar-refractivity contribution in [3.63, 3.8) is 0 Å². The number of benzene rings is 3. The van der Waals surface area contributed by atoms with Gasteiger partial charge in [-0.1, -0.05) is 6.07 Å². The van der Waals surface area contributed by atoms with Gasteiger partial charge in [0.1, 0.15) is 11.5 Å². The normalized spacial score (nSPS) is 16.7. The van der Waals surface area contributed by atoms with Gasteiger partial charge in [-0.05, 0) is 53.2 Å². The highest BCUT2D eigenvalue weighted by Gasteiger charge is 2.29. The van der Waals surface area contributed by atoms with E-state index in [2.05, 4.69) is 16.3 Å². The van der Waals surface area contributed by atoms with E-state index in [1.54, 1.807) is 73.1 Å². The molecule has 222 valence electrons. The fourth-order valence-electron chi connectivity index (χ4n) is 5.36. The maximum absolute atomic E-state index is 13.6. The van der Waals surface area contributed by atoms with Gasteiger partial charge in [-0.15, -0.1) is 5.10 Å². The maximum atomic E-state index is 13.6. The largest absolute Gasteiger partial charge is 0.485 e. The molecule has 1 aliphatic heterocycles. The maximum Gasteiger partial charge on any atom is 0.252 e. The molecule has 2 atom stereocenters. The van der Waals surface area contributed by atoms with Gasteiger partial charge in [0.2, 0.25) is 11.7 Å². The molecule has 44 heavy (non-hydrogen) atoms. The first-order valence-corrected chi connectivity index (χ1v) is 13.9. The van der Waals surface area contributed by atoms with Crippen LogP contribution in [0.4, 0.5) is 0 Å². The molecule has 2 aromatic heterocycles. The van der Waals surface area contributed by atoms with Gasteiger partial charge in [-0.2, -0.15) is 10.4 Å². The van der Waals surface area contributed by atoms with Crippen molar-refractivity contribution in [3.05, 3.63) is 89.7 Å². The van der Waals surface area contributed by atoms with Crippen molar-refractivity contribution in [2.45, 2.75) is 18.8 Å². The molecule has 0 unspecified atom stereocenters. The molecule has 4 N–H and O–H groups in total. The Morgan fingerprint density at radius 2 is 1.82 bits per heavy atom. The van der Waals surface area contributed by atoms with E-state index in [0.717, 1.165) is 10.9 Å². The summed E-state index contributed by atoms with van der Waals surface area (Å²) in [5.74, 6) is -0.0574. The molecule has 0 aliphatic carbocycles. The molecule has 12 heteroatoms. The summed E-state index contributed by atoms with van der Waals surface area (Å²) in [5.41, 5.74) is 7.29. The Balaban J connectivity index is 1.28. The van der Waals surface area contributed by atoms with Crippen LogP contribution in [0.2, 0.25) is 0 Å². The number of primary amides is 1. The van der Waals surface area contributed by atoms with Gasteiger partial charge in [-0.3, -0.25) is 14.5 Å². The van der Waals surface area contributed by atoms with Crippen molar-refractivity contribution in [3.8, 4) is 23.4 Å². The van der Waals surface area contributed by atoms with Crippen LogP contribution in [0.5, 0.6) is 17.4 Å². The minimum absolute atomic E-state index is 0.101. The zero-order valence-corrected chi connectivity index (χ0v) is 23.5. The van der Waals surface area contributed by atoms with Gasteiger partial charge in [0.05, 0.1) is 34.9 Å². The number of nitrogens with two attached hydrogens (primary N) is 1. The van der Waals surface area contributed by atoms with Crippen molar-refractivity contribution in [1.82, 2.24) is 19.7 Å². The number of hydrogen-bond donors (Lipinski definition) is 3. The summed E-state index contributed by atoms with van der Waals surface area (Å²) < 4.78 is 13.7. The molecule has 1 aliphatic rings. The molecular formula is C32H28N6O6. The number of ether oxygens (including phenoxy) is 2. The number of carbonyl (C=O) groups excluding carboxylic acids is 2. The Bertz CT molecular complexity index is 1910. The number of ketones is 1. The quantitative estimate of drug-likeness (QED) is 0.204. The number of Topliss-reactive ketones (excluding diaryl/α,β-unsaturated/α-hetero) is 1. The second-order valence-electron chi connectivity index (χ2n) is 10.6. The lowest BCUT2D eigenvalue weighted by molar-refractivity contribution is 0.0572. The first-order valence-electron chi connectivity index (χ1n) is 13.9. The number of carbonyl (C=O) groups is 2. The summed E-state index contributed by atoms with van der Waals surface area (Å²) in [6.45, 7) is 1.35. The van der Waals surface area contributed by atoms with Gasteiger partial charge in [0.25, 0.3) is 5.91 Å². The summed E-state index contributed by atoms with van der Waals surface area (Å²) in [7, 11) is 0. The summed E-state index contributed by atoms with van der Waals surface area (Å²) in [6.07, 6.45) is 1.69. The average Bonchev–Trinajstić information content (AvgIpc) is 3.56. The van der Waals surface area contributed by atoms with Crippen LogP contribution in [-0.2, 0) is 6.54 Å². The molecule has 0 saturated carbocycles. The van der Waals surface area contributed by atoms with E-state index in [4.69, 9.17) is 15.2 Å². The zero-order chi connectivity index (χ0) is 30.8. The van der Waals surface area contributed by atoms with Crippen LogP contribution in [0.25, 0.3) is 21.7 Å². The highest BCUT2D eigenvalue weighted by atomic mass is 16.5. The second-order valence-corrected chi connectivity index (χ2v) is 10.6. The third-order valence-electron chi connectivity index (χ3n) is 7.61. The van der Waals surface area contributed by atoms with Gasteiger partial charge in [0, 0.05) is 61.7 Å². The number of aliphatic hydroxyl groups excluding tert-OH is 2. The van der Waals surface area contributed by atoms with Crippen LogP contribution in [-0.4, -0.2) is 80.0 Å². The Labute approximate surface area is 251 Å². The van der Waals surface area contributed by atoms with Crippen LogP contribution in [0, 0.1) is 11.3 Å². The SMILES string of the molecule is N#Cc1ccc2cc(OCC(=O)c3cn(CCN4C[C@H](O)[C@@H](O)C4)c4cc(Oc5cccnn5)ccc34)c(C(N)=O)cc2c1. The molecule has 0 radical (unpaired) electrons. The molecule has 3 heterocycles. The Kier molecular flexibility index (Phi) is 7.91. The minimum atomic E-state index is -0.800. The molecule has 12 nitrogen and oxygen atoms in total. The second kappa shape index (κ2) is 12.1. The number of fused-ring (bicyclic) bond motifs is 2. The van der Waals surface area contributed by atoms with Gasteiger partial charge < -0.3 is 30.0 Å². The molecule has 0 bridgehead atoms. The predicted molar refractivity (Wildman–Crippen MR) is 160 cm³/mol. The van der Waals surface area contributed by atoms with E-state index in [0.29, 0.717) is 59.7 Å². The number of aromatic nitrogens is 3. The molecule has 1 amide bonds. The number of likely N-dealkylation sites (tertiary alicyclic amines) is 1. The van der Waals surface area contributed by atoms with E-state index in [1.165, 1.54) is 0 Å². The van der Waals surface area contributed by atoms with Crippen LogP contribution < -0.4 is 15.2 Å². The van der Waals surface area contributed by atoms with E-state index in [-0.39, 0.29) is 23.7 Å². The first-order chi connectivity index (χ1) is 21.3. The van der Waals surface area contributed by atoms with E-state index < -0.39 is 18.1 Å². The lowest BCUT2D eigenvalue weighted by atomic mass is 10.0. The van der Waals surface area contributed by atoms with Crippen molar-refractivity contribution in [1.29, 1.82) is 5.26 Å². The minimum Gasteiger partial charge on any atom is -0.485 e. The number of amides is 1. The third-order valence-corrected chi connectivity index (χ3v) is 7.61. The van der Waals surface area contributed by atoms with Crippen LogP contribution in [0.3, 0.4) is 0 Å². The monoisotopic (exact) mass is 592 g/mol. The number of nitrogens with zero attached hydrogens (tertiary/aromatic N) is 5. The summed E-state index contributed by atoms with van der Waals surface area (Å²) in [4.78, 5) is 27.8. The third kappa shape index (κ3) is 5.93. The van der Waals surface area contributed by atoms with Gasteiger partial charge >= 0.3 is 0 Å². The number of β-amino-alcohol motifs (C(OH)–C–C–N with tert-alkyl or cyclic N) is 2. The van der Waals surface area contributed by atoms with E-state index >= 15 is 0 Å². The van der Waals surface area contributed by atoms with Crippen molar-refractivity contribution in [2.75, 3.05) is 26.2 Å². The predicted octanol–water partition coefficient (Wildman–Crippen LogP) is 2.65. The number of rotatable bonds is 10. The topological polar surface area (TPSA) is 177 Å². The zero-order valence-electron chi connectivity index (χ0n) is 23.5. The molecule has 6 rings (SSSR count). The lowest BCUT2D eigenvalue weighted by Crippen LogP contribution is -2.26. The standard InChI is InChI=1S/C32H28N6O6/c33-14-19-3-4-20-12-30(24(32(34)42)11-21(20)10-19)43-18-29(41)25-15-38(9-8-37-16-27(39)28(40)17-37)26-13-22(5-6-23(25)26)44-31-2-1-7-35-36-31/h1-7,10-13,15,27-28,39-40H,8-9,16-18H2,(H2,34,42)/t27-,28-/m0/s1. The van der Waals surface area contributed by atoms with Crippen molar-refractivity contribution >= 4 is 33.4 Å². The van der Waals surface area contributed by atoms with Gasteiger partial charge in [-0.25, -0.2) is 0 Å². The first kappa shape index (κ1) is 28.8. The molecule has 0 spiro atoms. The Morgan fingerprint density at radius 3 is 2.55 bits per heavy atom. The summed E-state index contributed by atoms with van der Waals surface area (Å²) in [5, 5.41) is 39.0. The van der Waals surface area contributed by atoms with Gasteiger partial charge in [0.15, 0.2) is 6.61 Å². The molecule has 1 fully saturated rings. The summed E-state index contributed by atoms with van der Waals surface area (Å²) in [6, 6.07) is 19.0. The van der Waals surface area contributed by atoms with E-state index in [9.17, 15) is 25.1 Å². The molecular weight excluding hydrogens is 564 g/mol. The average molecular weight is 593 g/mol. The Morgan fingerprint density at radius 1 is 1.00 bits per heavy atom. The number of nitriles is 1. The Hall–Kier alpha value is -5.35. The fourth-order valence-corrected chi connectivity index (χ4v) is 5.36. The van der Waals surface area contributed by atoms with Crippen molar-refractivity contribution in [2.24, 2.45) is 5.73 Å². The molecule has 5 aromatic rings. The van der Waals surface area contributed by atoms with Crippen LogP contribution in [0.15, 0.2) is 73.1 Å². The summed E-state index contributed by atoms with van der Waals surface area (Å²) >= 11 is 0. The lowest BCUT2D eigenvalue weighted by Gasteiger charge is -2.15. The number of hydrogen-bond acceptors (Lipinski definition) is 10. The van der Waals surface area contributed by atoms with Crippen LogP contribution >= 0.6 is 0 Å². The van der Waals surface area contributed by atoms with E-state index in [1.807, 2.05) is 9.47 Å². The fraction of sp³-hybridized carbons (Fsp3) is 0.219. The van der Waals surface area contributed by atoms with Crippen molar-refractivity contribution < 1.29 is 29.3 Å². The number of aliphatic hydroxyl groups is 2.